The molecule has 1 aliphatic rings. The lowest BCUT2D eigenvalue weighted by molar-refractivity contribution is -0.918. The smallest absolute Gasteiger partial charge is 0.270 e. The van der Waals surface area contributed by atoms with Crippen molar-refractivity contribution < 1.29 is 9.82 Å². The fourth-order valence-corrected chi connectivity index (χ4v) is 3.92. The fraction of sp³-hybridized carbons (Fsp3) is 0.261. The van der Waals surface area contributed by atoms with Crippen LogP contribution < -0.4 is 4.90 Å². The number of piperazine rings is 1. The van der Waals surface area contributed by atoms with E-state index in [0.29, 0.717) is 0 Å². The molecule has 148 valence electrons. The molecule has 0 aromatic heterocycles. The monoisotopic (exact) mass is 389 g/mol. The second-order valence-corrected chi connectivity index (χ2v) is 7.51. The molecule has 0 unspecified atom stereocenters. The van der Waals surface area contributed by atoms with Crippen molar-refractivity contribution in [3.05, 3.63) is 88.0 Å². The molecule has 0 aliphatic carbocycles. The van der Waals surface area contributed by atoms with E-state index >= 15 is 0 Å². The third-order valence-electron chi connectivity index (χ3n) is 5.53. The van der Waals surface area contributed by atoms with Crippen molar-refractivity contribution in [1.29, 1.82) is 0 Å². The highest BCUT2D eigenvalue weighted by Gasteiger charge is 2.20. The van der Waals surface area contributed by atoms with E-state index in [1.165, 1.54) is 22.4 Å². The highest BCUT2D eigenvalue weighted by atomic mass is 16.6. The van der Waals surface area contributed by atoms with E-state index in [2.05, 4.69) is 47.5 Å². The number of non-ortho nitro benzene ring substituents is 1. The Kier molecular flexibility index (Phi) is 5.53. The molecule has 0 spiro atoms. The molecular weight excluding hydrogens is 364 g/mol. The van der Waals surface area contributed by atoms with Crippen LogP contribution in [0.1, 0.15) is 18.1 Å². The quantitative estimate of drug-likeness (QED) is 0.415. The lowest BCUT2D eigenvalue weighted by Crippen LogP contribution is -3.13. The lowest BCUT2D eigenvalue weighted by atomic mass is 10.0. The van der Waals surface area contributed by atoms with Gasteiger partial charge in [-0.3, -0.25) is 15.1 Å². The van der Waals surface area contributed by atoms with Gasteiger partial charge in [0.15, 0.2) is 0 Å². The number of nitro groups is 1. The van der Waals surface area contributed by atoms with E-state index in [4.69, 9.17) is 5.10 Å². The molecule has 6 heteroatoms. The molecule has 1 fully saturated rings. The van der Waals surface area contributed by atoms with Gasteiger partial charge < -0.3 is 4.90 Å². The predicted octanol–water partition coefficient (Wildman–Crippen LogP) is 2.87. The lowest BCUT2D eigenvalue weighted by Gasteiger charge is -2.31. The predicted molar refractivity (Wildman–Crippen MR) is 115 cm³/mol. The summed E-state index contributed by atoms with van der Waals surface area (Å²) < 4.78 is 0. The van der Waals surface area contributed by atoms with Gasteiger partial charge in [-0.15, -0.1) is 0 Å². The Labute approximate surface area is 170 Å². The van der Waals surface area contributed by atoms with Gasteiger partial charge in [-0.05, 0) is 17.7 Å². The van der Waals surface area contributed by atoms with Crippen LogP contribution in [0.4, 0.5) is 5.69 Å². The van der Waals surface area contributed by atoms with Gasteiger partial charge in [0.1, 0.15) is 6.54 Å². The first-order valence-corrected chi connectivity index (χ1v) is 9.95. The van der Waals surface area contributed by atoms with Crippen LogP contribution in [-0.4, -0.2) is 41.8 Å². The first kappa shape index (κ1) is 19.1. The summed E-state index contributed by atoms with van der Waals surface area (Å²) in [6.45, 7) is 6.74. The van der Waals surface area contributed by atoms with Crippen LogP contribution in [0, 0.1) is 10.1 Å². The van der Waals surface area contributed by atoms with Crippen LogP contribution in [0.15, 0.2) is 71.8 Å². The Hall–Kier alpha value is -3.25. The number of nitro benzene ring substituents is 1. The number of nitrogens with one attached hydrogen (secondary N) is 1. The Morgan fingerprint density at radius 3 is 2.59 bits per heavy atom. The summed E-state index contributed by atoms with van der Waals surface area (Å²) in [6.07, 6.45) is 0. The van der Waals surface area contributed by atoms with Crippen LogP contribution in [0.25, 0.3) is 10.8 Å². The van der Waals surface area contributed by atoms with Crippen molar-refractivity contribution in [1.82, 2.24) is 5.01 Å². The maximum Gasteiger partial charge on any atom is 0.270 e. The van der Waals surface area contributed by atoms with Crippen molar-refractivity contribution in [2.75, 3.05) is 26.2 Å². The number of fused-ring (bicyclic) bond motifs is 1. The summed E-state index contributed by atoms with van der Waals surface area (Å²) in [5.41, 5.74) is 3.10. The average molecular weight is 389 g/mol. The second-order valence-electron chi connectivity index (χ2n) is 7.51. The second kappa shape index (κ2) is 8.41. The van der Waals surface area contributed by atoms with Crippen LogP contribution in [0.2, 0.25) is 0 Å². The SMILES string of the molecule is C/C(=N\N1CC[NH+](Cc2cccc3ccccc23)CC1)c1cccc([N+](=O)[O-])c1. The van der Waals surface area contributed by atoms with Gasteiger partial charge in [-0.1, -0.05) is 54.6 Å². The standard InChI is InChI=1S/C23H24N4O2/c1-18(20-8-5-10-22(16-20)27(28)29)24-26-14-12-25(13-15-26)17-21-9-4-7-19-6-2-3-11-23(19)21/h2-11,16H,12-15,17H2,1H3/p+1/b24-18+. The molecule has 4 rings (SSSR count). The van der Waals surface area contributed by atoms with Gasteiger partial charge in [0, 0.05) is 23.3 Å². The molecule has 0 atom stereocenters. The molecule has 1 heterocycles. The molecule has 1 saturated heterocycles. The van der Waals surface area contributed by atoms with E-state index in [9.17, 15) is 10.1 Å². The summed E-state index contributed by atoms with van der Waals surface area (Å²) >= 11 is 0. The number of rotatable bonds is 5. The maximum atomic E-state index is 11.0. The van der Waals surface area contributed by atoms with E-state index in [1.54, 1.807) is 17.0 Å². The third-order valence-corrected chi connectivity index (χ3v) is 5.53. The van der Waals surface area contributed by atoms with Crippen molar-refractivity contribution in [2.24, 2.45) is 5.10 Å². The van der Waals surface area contributed by atoms with Gasteiger partial charge in [0.2, 0.25) is 0 Å². The molecule has 6 nitrogen and oxygen atoms in total. The number of hydrazone groups is 1. The Bertz CT molecular complexity index is 1050. The number of nitrogens with zero attached hydrogens (tertiary/aromatic N) is 3. The van der Waals surface area contributed by atoms with Crippen molar-refractivity contribution in [3.8, 4) is 0 Å². The van der Waals surface area contributed by atoms with Crippen molar-refractivity contribution in [2.45, 2.75) is 13.5 Å². The zero-order chi connectivity index (χ0) is 20.2. The molecule has 3 aromatic carbocycles. The topological polar surface area (TPSA) is 63.2 Å². The zero-order valence-electron chi connectivity index (χ0n) is 16.5. The molecular formula is C23H25N4O2+. The summed E-state index contributed by atoms with van der Waals surface area (Å²) in [4.78, 5) is 12.2. The minimum Gasteiger partial charge on any atom is -0.328 e. The highest BCUT2D eigenvalue weighted by molar-refractivity contribution is 5.99. The summed E-state index contributed by atoms with van der Waals surface area (Å²) in [6, 6.07) is 21.7. The van der Waals surface area contributed by atoms with Gasteiger partial charge in [-0.2, -0.15) is 5.10 Å². The van der Waals surface area contributed by atoms with E-state index in [0.717, 1.165) is 44.0 Å². The van der Waals surface area contributed by atoms with Crippen LogP contribution in [0.3, 0.4) is 0 Å². The van der Waals surface area contributed by atoms with E-state index < -0.39 is 0 Å². The van der Waals surface area contributed by atoms with Crippen molar-refractivity contribution >= 4 is 22.2 Å². The number of hydrogen-bond donors (Lipinski definition) is 1. The van der Waals surface area contributed by atoms with Gasteiger partial charge >= 0.3 is 0 Å². The Morgan fingerprint density at radius 2 is 1.79 bits per heavy atom. The third kappa shape index (κ3) is 4.43. The Morgan fingerprint density at radius 1 is 1.07 bits per heavy atom. The molecule has 0 bridgehead atoms. The molecule has 1 N–H and O–H groups in total. The Balaban J connectivity index is 1.40. The zero-order valence-corrected chi connectivity index (χ0v) is 16.5. The van der Waals surface area contributed by atoms with Gasteiger partial charge in [0.25, 0.3) is 5.69 Å². The average Bonchev–Trinajstić information content (AvgIpc) is 2.75. The minimum atomic E-state index is -0.369. The summed E-state index contributed by atoms with van der Waals surface area (Å²) in [5, 5.41) is 20.4. The highest BCUT2D eigenvalue weighted by Crippen LogP contribution is 2.18. The van der Waals surface area contributed by atoms with Crippen LogP contribution in [0.5, 0.6) is 0 Å². The van der Waals surface area contributed by atoms with E-state index in [-0.39, 0.29) is 10.6 Å². The summed E-state index contributed by atoms with van der Waals surface area (Å²) in [5.74, 6) is 0. The molecule has 29 heavy (non-hydrogen) atoms. The van der Waals surface area contributed by atoms with Crippen LogP contribution in [-0.2, 0) is 6.54 Å². The van der Waals surface area contributed by atoms with Crippen molar-refractivity contribution in [3.63, 3.8) is 0 Å². The number of hydrogen-bond acceptors (Lipinski definition) is 4. The molecule has 0 amide bonds. The molecule has 3 aromatic rings. The largest absolute Gasteiger partial charge is 0.328 e. The first-order chi connectivity index (χ1) is 14.1. The molecule has 0 radical (unpaired) electrons. The maximum absolute atomic E-state index is 11.0. The van der Waals surface area contributed by atoms with E-state index in [1.807, 2.05) is 13.0 Å². The van der Waals surface area contributed by atoms with Gasteiger partial charge in [-0.25, -0.2) is 0 Å². The van der Waals surface area contributed by atoms with Gasteiger partial charge in [0.05, 0.1) is 36.8 Å². The van der Waals surface area contributed by atoms with Crippen LogP contribution >= 0.6 is 0 Å². The number of benzene rings is 3. The first-order valence-electron chi connectivity index (χ1n) is 9.95. The minimum absolute atomic E-state index is 0.0985. The molecule has 0 saturated carbocycles. The molecule has 1 aliphatic heterocycles. The summed E-state index contributed by atoms with van der Waals surface area (Å²) in [7, 11) is 0. The fourth-order valence-electron chi connectivity index (χ4n) is 3.92. The number of quaternary nitrogens is 1. The normalized spacial score (nSPS) is 15.6.